The van der Waals surface area contributed by atoms with E-state index < -0.39 is 53.7 Å². The number of esters is 1. The molecule has 2 aromatic heterocycles. The van der Waals surface area contributed by atoms with Gasteiger partial charge in [-0.3, -0.25) is 9.78 Å². The van der Waals surface area contributed by atoms with Gasteiger partial charge in [-0.15, -0.1) is 11.3 Å². The first kappa shape index (κ1) is 25.2. The number of fused-ring (bicyclic) bond motifs is 1. The standard InChI is InChI=1S/C28H25F2N3O3S/c1-16-21(10-9-20-8-7-19(14-33-20)22-6-4-3-5-18(22)13-31)23-17(2)36-26(35)27(23,15-28(16,29)30)24(34)25-32-11-12-37-25/h3-12,14,16-17,21,23-24,34H,15H2,1-2H3/b10-9+/t16?,17-,21+,23?,24?,27-/m1/s1. The molecular weight excluding hydrogens is 496 g/mol. The fraction of sp³-hybridized carbons (Fsp3) is 0.357. The Morgan fingerprint density at radius 3 is 2.70 bits per heavy atom. The number of allylic oxidation sites excluding steroid dienone is 1. The van der Waals surface area contributed by atoms with Gasteiger partial charge in [0.2, 0.25) is 0 Å². The average Bonchev–Trinajstić information content (AvgIpc) is 3.51. The van der Waals surface area contributed by atoms with Crippen molar-refractivity contribution in [3.05, 3.63) is 76.5 Å². The molecule has 6 atom stereocenters. The molecule has 5 rings (SSSR count). The van der Waals surface area contributed by atoms with Gasteiger partial charge in [0.05, 0.1) is 17.3 Å². The highest BCUT2D eigenvalue weighted by atomic mass is 32.1. The molecule has 0 amide bonds. The van der Waals surface area contributed by atoms with Crippen molar-refractivity contribution < 1.29 is 23.4 Å². The molecule has 0 radical (unpaired) electrons. The van der Waals surface area contributed by atoms with E-state index in [1.807, 2.05) is 18.2 Å². The summed E-state index contributed by atoms with van der Waals surface area (Å²) in [6.07, 6.45) is 3.48. The van der Waals surface area contributed by atoms with Crippen molar-refractivity contribution in [1.29, 1.82) is 5.26 Å². The Kier molecular flexibility index (Phi) is 6.42. The number of aliphatic hydroxyl groups excluding tert-OH is 1. The number of aromatic nitrogens is 2. The van der Waals surface area contributed by atoms with Crippen LogP contribution in [0.5, 0.6) is 0 Å². The van der Waals surface area contributed by atoms with Crippen LogP contribution in [-0.2, 0) is 9.53 Å². The van der Waals surface area contributed by atoms with Gasteiger partial charge in [-0.2, -0.15) is 5.26 Å². The normalized spacial score (nSPS) is 29.5. The molecule has 9 heteroatoms. The summed E-state index contributed by atoms with van der Waals surface area (Å²) in [5.74, 6) is -6.56. The molecule has 2 aliphatic rings. The molecule has 1 saturated carbocycles. The zero-order valence-electron chi connectivity index (χ0n) is 20.2. The lowest BCUT2D eigenvalue weighted by molar-refractivity contribution is -0.192. The summed E-state index contributed by atoms with van der Waals surface area (Å²) in [6, 6.07) is 12.9. The van der Waals surface area contributed by atoms with E-state index in [9.17, 15) is 15.2 Å². The number of carbonyl (C=O) groups is 1. The third-order valence-electron chi connectivity index (χ3n) is 7.77. The van der Waals surface area contributed by atoms with Gasteiger partial charge in [-0.25, -0.2) is 13.8 Å². The number of halogens is 2. The summed E-state index contributed by atoms with van der Waals surface area (Å²) in [5, 5.41) is 22.5. The summed E-state index contributed by atoms with van der Waals surface area (Å²) in [5.41, 5.74) is 0.788. The van der Waals surface area contributed by atoms with E-state index >= 15 is 8.78 Å². The van der Waals surface area contributed by atoms with E-state index in [1.54, 1.807) is 48.9 Å². The number of cyclic esters (lactones) is 1. The van der Waals surface area contributed by atoms with Crippen LogP contribution < -0.4 is 0 Å². The summed E-state index contributed by atoms with van der Waals surface area (Å²) in [6.45, 7) is 3.16. The van der Waals surface area contributed by atoms with Crippen LogP contribution in [0, 0.1) is 34.5 Å². The maximum atomic E-state index is 15.5. The lowest BCUT2D eigenvalue weighted by atomic mass is 9.54. The largest absolute Gasteiger partial charge is 0.462 e. The number of thiazole rings is 1. The van der Waals surface area contributed by atoms with Crippen LogP contribution in [0.1, 0.15) is 42.6 Å². The minimum atomic E-state index is -3.22. The topological polar surface area (TPSA) is 96.1 Å². The number of alkyl halides is 2. The van der Waals surface area contributed by atoms with E-state index in [4.69, 9.17) is 4.74 Å². The summed E-state index contributed by atoms with van der Waals surface area (Å²) in [4.78, 5) is 21.7. The number of benzene rings is 1. The first-order valence-electron chi connectivity index (χ1n) is 12.0. The van der Waals surface area contributed by atoms with Gasteiger partial charge in [0.15, 0.2) is 0 Å². The molecule has 6 nitrogen and oxygen atoms in total. The van der Waals surface area contributed by atoms with Crippen LogP contribution in [0.25, 0.3) is 17.2 Å². The number of hydrogen-bond acceptors (Lipinski definition) is 7. The number of ether oxygens (including phenoxy) is 1. The van der Waals surface area contributed by atoms with Gasteiger partial charge in [0.1, 0.15) is 22.6 Å². The van der Waals surface area contributed by atoms with Crippen LogP contribution in [-0.4, -0.2) is 33.1 Å². The minimum absolute atomic E-state index is 0.221. The van der Waals surface area contributed by atoms with Crippen molar-refractivity contribution in [3.63, 3.8) is 0 Å². The highest BCUT2D eigenvalue weighted by molar-refractivity contribution is 7.09. The van der Waals surface area contributed by atoms with E-state index in [2.05, 4.69) is 16.0 Å². The van der Waals surface area contributed by atoms with E-state index in [0.717, 1.165) is 22.5 Å². The van der Waals surface area contributed by atoms with Crippen molar-refractivity contribution in [3.8, 4) is 17.2 Å². The van der Waals surface area contributed by atoms with E-state index in [1.165, 1.54) is 13.1 Å². The molecule has 3 unspecified atom stereocenters. The number of nitriles is 1. The Morgan fingerprint density at radius 1 is 1.24 bits per heavy atom. The summed E-state index contributed by atoms with van der Waals surface area (Å²) >= 11 is 1.12. The molecule has 37 heavy (non-hydrogen) atoms. The second-order valence-electron chi connectivity index (χ2n) is 9.74. The zero-order chi connectivity index (χ0) is 26.4. The maximum Gasteiger partial charge on any atom is 0.316 e. The number of hydrogen-bond donors (Lipinski definition) is 1. The van der Waals surface area contributed by atoms with Gasteiger partial charge < -0.3 is 9.84 Å². The van der Waals surface area contributed by atoms with E-state index in [0.29, 0.717) is 11.3 Å². The molecule has 3 aromatic rings. The fourth-order valence-corrected chi connectivity index (χ4v) is 6.59. The Balaban J connectivity index is 1.50. The van der Waals surface area contributed by atoms with Gasteiger partial charge >= 0.3 is 5.97 Å². The van der Waals surface area contributed by atoms with Crippen LogP contribution in [0.4, 0.5) is 8.78 Å². The van der Waals surface area contributed by atoms with Crippen molar-refractivity contribution >= 4 is 23.4 Å². The molecular formula is C28H25F2N3O3S. The Bertz CT molecular complexity index is 1370. The Labute approximate surface area is 217 Å². The smallest absolute Gasteiger partial charge is 0.316 e. The van der Waals surface area contributed by atoms with Crippen molar-refractivity contribution in [1.82, 2.24) is 9.97 Å². The second kappa shape index (κ2) is 9.43. The van der Waals surface area contributed by atoms with Gasteiger partial charge in [0.25, 0.3) is 5.92 Å². The number of rotatable bonds is 5. The summed E-state index contributed by atoms with van der Waals surface area (Å²) in [7, 11) is 0. The Morgan fingerprint density at radius 2 is 2.03 bits per heavy atom. The monoisotopic (exact) mass is 521 g/mol. The van der Waals surface area contributed by atoms with Crippen molar-refractivity contribution in [2.45, 2.75) is 38.4 Å². The van der Waals surface area contributed by atoms with Gasteiger partial charge in [-0.1, -0.05) is 37.3 Å². The van der Waals surface area contributed by atoms with E-state index in [-0.39, 0.29) is 5.01 Å². The fourth-order valence-electron chi connectivity index (χ4n) is 5.87. The van der Waals surface area contributed by atoms with Crippen LogP contribution in [0.3, 0.4) is 0 Å². The van der Waals surface area contributed by atoms with Crippen LogP contribution in [0.15, 0.2) is 60.2 Å². The van der Waals surface area contributed by atoms with Crippen molar-refractivity contribution in [2.75, 3.05) is 0 Å². The minimum Gasteiger partial charge on any atom is -0.462 e. The molecule has 2 fully saturated rings. The molecule has 1 aliphatic heterocycles. The number of pyridine rings is 1. The SMILES string of the molecule is CC1[C@H](/C=C/c2ccc(-c3ccccc3C#N)cn2)C2[C@@H](C)OC(=O)[C@]2(C(O)c2nccs2)CC1(F)F. The molecule has 1 saturated heterocycles. The lowest BCUT2D eigenvalue weighted by Crippen LogP contribution is -2.56. The molecule has 3 heterocycles. The quantitative estimate of drug-likeness (QED) is 0.435. The molecule has 0 spiro atoms. The highest BCUT2D eigenvalue weighted by Gasteiger charge is 2.71. The van der Waals surface area contributed by atoms with Crippen molar-refractivity contribution in [2.24, 2.45) is 23.2 Å². The summed E-state index contributed by atoms with van der Waals surface area (Å²) < 4.78 is 36.4. The third kappa shape index (κ3) is 4.14. The third-order valence-corrected chi connectivity index (χ3v) is 8.60. The molecule has 190 valence electrons. The lowest BCUT2D eigenvalue weighted by Gasteiger charge is -2.49. The van der Waals surface area contributed by atoms with Gasteiger partial charge in [-0.05, 0) is 31.1 Å². The van der Waals surface area contributed by atoms with Crippen LogP contribution >= 0.6 is 11.3 Å². The molecule has 0 bridgehead atoms. The highest BCUT2D eigenvalue weighted by Crippen LogP contribution is 2.63. The second-order valence-corrected chi connectivity index (χ2v) is 10.7. The first-order chi connectivity index (χ1) is 17.7. The predicted molar refractivity (Wildman–Crippen MR) is 134 cm³/mol. The zero-order valence-corrected chi connectivity index (χ0v) is 21.0. The van der Waals surface area contributed by atoms with Gasteiger partial charge in [0, 0.05) is 47.2 Å². The molecule has 1 aliphatic carbocycles. The Hall–Kier alpha value is -3.48. The maximum absolute atomic E-state index is 15.5. The average molecular weight is 522 g/mol. The number of nitrogens with zero attached hydrogens (tertiary/aromatic N) is 3. The molecule has 1 N–H and O–H groups in total. The number of carbonyl (C=O) groups excluding carboxylic acids is 1. The number of aliphatic hydroxyl groups is 1. The molecule has 1 aromatic carbocycles. The predicted octanol–water partition coefficient (Wildman–Crippen LogP) is 5.66. The first-order valence-corrected chi connectivity index (χ1v) is 12.9. The van der Waals surface area contributed by atoms with Crippen LogP contribution in [0.2, 0.25) is 0 Å².